The van der Waals surface area contributed by atoms with Crippen LogP contribution in [0.3, 0.4) is 0 Å². The Bertz CT molecular complexity index is 3080. The summed E-state index contributed by atoms with van der Waals surface area (Å²) in [5.74, 6) is -0.797. The third kappa shape index (κ3) is 15.0. The number of nitrogens with zero attached hydrogens (tertiary/aromatic N) is 4. The topological polar surface area (TPSA) is 246 Å². The van der Waals surface area contributed by atoms with Gasteiger partial charge in [0.2, 0.25) is 5.91 Å². The summed E-state index contributed by atoms with van der Waals surface area (Å²) in [5.41, 5.74) is 18.2. The van der Waals surface area contributed by atoms with Crippen molar-refractivity contribution in [1.82, 2.24) is 19.8 Å². The zero-order valence-corrected chi connectivity index (χ0v) is 43.8. The predicted octanol–water partition coefficient (Wildman–Crippen LogP) is 10.2. The van der Waals surface area contributed by atoms with Gasteiger partial charge in [-0.05, 0) is 120 Å². The van der Waals surface area contributed by atoms with Gasteiger partial charge in [0.15, 0.2) is 15.4 Å². The number of aliphatic carboxylic acids is 1. The lowest BCUT2D eigenvalue weighted by atomic mass is 9.91. The fourth-order valence-electron chi connectivity index (χ4n) is 8.26. The number of carboxylic acid groups (broad SMARTS) is 1. The number of carboxylic acids is 1. The lowest BCUT2D eigenvalue weighted by Crippen LogP contribution is -2.45. The fraction of sp³-hybridized carbons (Fsp3) is 0.358. The molecule has 16 nitrogen and oxygen atoms in total. The van der Waals surface area contributed by atoms with Gasteiger partial charge >= 0.3 is 18.2 Å². The average molecular weight is 1040 g/mol. The Labute approximate surface area is 431 Å². The summed E-state index contributed by atoms with van der Waals surface area (Å²) in [6.07, 6.45) is 3.97. The molecule has 2 aliphatic heterocycles. The summed E-state index contributed by atoms with van der Waals surface area (Å²) in [7, 11) is 0. The Kier molecular flexibility index (Phi) is 18.1. The summed E-state index contributed by atoms with van der Waals surface area (Å²) >= 11 is 7.10. The number of hydrogen-bond acceptors (Lipinski definition) is 13. The summed E-state index contributed by atoms with van der Waals surface area (Å²) in [5, 5.41) is 17.7. The molecule has 0 radical (unpaired) electrons. The van der Waals surface area contributed by atoms with E-state index in [0.29, 0.717) is 48.4 Å². The van der Waals surface area contributed by atoms with E-state index in [4.69, 9.17) is 20.3 Å². The molecule has 19 heteroatoms. The van der Waals surface area contributed by atoms with Crippen molar-refractivity contribution in [2.24, 2.45) is 11.5 Å². The lowest BCUT2D eigenvalue weighted by Gasteiger charge is -2.27. The van der Waals surface area contributed by atoms with Crippen LogP contribution in [-0.2, 0) is 36.7 Å². The highest BCUT2D eigenvalue weighted by molar-refractivity contribution is 7.80. The highest BCUT2D eigenvalue weighted by Crippen LogP contribution is 2.34. The van der Waals surface area contributed by atoms with Crippen molar-refractivity contribution in [1.29, 1.82) is 0 Å². The van der Waals surface area contributed by atoms with Gasteiger partial charge < -0.3 is 37.1 Å². The molecule has 10 rings (SSSR count). The largest absolute Gasteiger partial charge is 0.480 e. The van der Waals surface area contributed by atoms with Crippen molar-refractivity contribution in [2.75, 3.05) is 24.1 Å². The number of carbonyl (C=O) groups is 5. The van der Waals surface area contributed by atoms with Gasteiger partial charge in [0.1, 0.15) is 29.1 Å². The second-order valence-electron chi connectivity index (χ2n) is 19.2. The van der Waals surface area contributed by atoms with E-state index in [1.165, 1.54) is 47.7 Å². The van der Waals surface area contributed by atoms with Gasteiger partial charge in [-0.3, -0.25) is 19.4 Å². The van der Waals surface area contributed by atoms with E-state index in [-0.39, 0.29) is 11.0 Å². The van der Waals surface area contributed by atoms with Crippen LogP contribution in [0.4, 0.5) is 19.9 Å². The number of carbonyl (C=O) groups excluding carboxylic acids is 4. The van der Waals surface area contributed by atoms with Crippen molar-refractivity contribution in [3.8, 4) is 0 Å². The first kappa shape index (κ1) is 54.4. The first-order valence-corrected chi connectivity index (χ1v) is 25.6. The van der Waals surface area contributed by atoms with E-state index in [0.717, 1.165) is 52.2 Å². The maximum Gasteiger partial charge on any atom is 0.411 e. The third-order valence-corrected chi connectivity index (χ3v) is 13.3. The molecule has 3 aliphatic rings. The number of amides is 3. The van der Waals surface area contributed by atoms with Gasteiger partial charge in [-0.15, -0.1) is 0 Å². The molecule has 380 valence electrons. The van der Waals surface area contributed by atoms with Crippen molar-refractivity contribution < 1.29 is 38.6 Å². The van der Waals surface area contributed by atoms with Crippen LogP contribution in [0.5, 0.6) is 0 Å². The maximum atomic E-state index is 12.8. The number of thiocarbonyl (C=S) groups is 1. The number of Topliss-reactive ketones (excluding diaryl/α,β-unsaturated/α-hetero) is 1. The SMILES string of the molecule is CC(C)(C)OC(=O)N1CCC[C@@H]1C(=O)Nc1nc2ccc3ccccc3c2s1.CC(C)(C)OC(=O)N1CCC[C@@H]1C(=O)O.NC(N)=S.Nc1nc2ccc3ccccc3c2s1.O=C1CCc2ccccc2C1. The average Bonchev–Trinajstić information content (AvgIpc) is 4.15. The molecule has 7 aromatic rings. The van der Waals surface area contributed by atoms with Gasteiger partial charge in [0.25, 0.3) is 0 Å². The zero-order chi connectivity index (χ0) is 52.3. The Balaban J connectivity index is 0.000000163. The second-order valence-corrected chi connectivity index (χ2v) is 21.7. The van der Waals surface area contributed by atoms with E-state index < -0.39 is 41.4 Å². The van der Waals surface area contributed by atoms with Crippen molar-refractivity contribution in [3.63, 3.8) is 0 Å². The maximum absolute atomic E-state index is 12.8. The lowest BCUT2D eigenvalue weighted by molar-refractivity contribution is -0.142. The number of nitrogens with one attached hydrogen (secondary N) is 1. The summed E-state index contributed by atoms with van der Waals surface area (Å²) in [6, 6.07) is 31.4. The van der Waals surface area contributed by atoms with Gasteiger partial charge in [-0.2, -0.15) is 0 Å². The predicted molar refractivity (Wildman–Crippen MR) is 291 cm³/mol. The van der Waals surface area contributed by atoms with Gasteiger partial charge in [0, 0.05) is 36.7 Å². The Morgan fingerprint density at radius 1 is 0.681 bits per heavy atom. The van der Waals surface area contributed by atoms with Crippen LogP contribution in [0.15, 0.2) is 97.1 Å². The number of likely N-dealkylation sites (tertiary alicyclic amines) is 2. The molecule has 1 aliphatic carbocycles. The molecule has 8 N–H and O–H groups in total. The number of fused-ring (bicyclic) bond motifs is 7. The Morgan fingerprint density at radius 2 is 1.15 bits per heavy atom. The van der Waals surface area contributed by atoms with Crippen LogP contribution in [-0.4, -0.2) is 96.2 Å². The minimum atomic E-state index is -0.960. The third-order valence-electron chi connectivity index (χ3n) is 11.3. The van der Waals surface area contributed by atoms with E-state index >= 15 is 0 Å². The first-order chi connectivity index (χ1) is 34.1. The van der Waals surface area contributed by atoms with Crippen LogP contribution in [0.25, 0.3) is 42.0 Å². The first-order valence-electron chi connectivity index (χ1n) is 23.5. The van der Waals surface area contributed by atoms with Crippen LogP contribution < -0.4 is 22.5 Å². The molecule has 4 heterocycles. The monoisotopic (exact) mass is 1030 g/mol. The standard InChI is InChI=1S/C21H23N3O3S.C11H8N2S.C10H17NO4.C10H10O.CH4N2S/c1-21(2,3)27-20(26)24-12-6-9-16(24)18(25)23-19-22-15-11-10-13-7-4-5-8-14(13)17(15)28-19;12-11-13-9-6-5-7-3-1-2-4-8(7)10(9)14-11;1-10(2,3)15-9(14)11-6-4-5-7(11)8(12)13;11-10-6-5-8-3-1-2-4-9(8)7-10;2-1(3)4/h4-5,7-8,10-11,16H,6,9,12H2,1-3H3,(H,22,23,25);1-6H,(H2,12,13);7H,4-6H2,1-3H3,(H,12,13);1-4H,5-7H2;(H4,2,3,4)/t16-;;7-;;/m1.1../s1. The second kappa shape index (κ2) is 24.0. The number of ketones is 1. The Morgan fingerprint density at radius 3 is 1.69 bits per heavy atom. The van der Waals surface area contributed by atoms with Crippen LogP contribution in [0.1, 0.15) is 84.8 Å². The van der Waals surface area contributed by atoms with Gasteiger partial charge in [0.05, 0.1) is 20.4 Å². The molecule has 72 heavy (non-hydrogen) atoms. The van der Waals surface area contributed by atoms with Crippen LogP contribution in [0.2, 0.25) is 0 Å². The highest BCUT2D eigenvalue weighted by atomic mass is 32.1. The van der Waals surface area contributed by atoms with Crippen molar-refractivity contribution in [2.45, 2.75) is 110 Å². The number of aryl methyl sites for hydroxylation is 1. The molecule has 5 aromatic carbocycles. The van der Waals surface area contributed by atoms with Crippen LogP contribution in [0, 0.1) is 0 Å². The molecular formula is C53H62N8O8S3. The molecule has 0 saturated carbocycles. The van der Waals surface area contributed by atoms with Gasteiger partial charge in [-0.1, -0.05) is 108 Å². The number of ether oxygens (including phenoxy) is 2. The van der Waals surface area contributed by atoms with E-state index in [1.807, 2.05) is 81.4 Å². The number of benzene rings is 5. The molecule has 2 atom stereocenters. The molecule has 0 unspecified atom stereocenters. The van der Waals surface area contributed by atoms with Crippen molar-refractivity contribution >= 4 is 122 Å². The molecule has 0 spiro atoms. The summed E-state index contributed by atoms with van der Waals surface area (Å²) in [6.45, 7) is 11.7. The quantitative estimate of drug-likeness (QED) is 0.103. The number of anilines is 2. The minimum absolute atomic E-state index is 0.000000000000000222. The van der Waals surface area contributed by atoms with Crippen LogP contribution >= 0.6 is 34.9 Å². The highest BCUT2D eigenvalue weighted by Gasteiger charge is 2.38. The Hall–Kier alpha value is -6.96. The zero-order valence-electron chi connectivity index (χ0n) is 41.3. The number of hydrogen-bond donors (Lipinski definition) is 5. The normalized spacial score (nSPS) is 16.2. The number of nitrogen functional groups attached to an aromatic ring is 1. The van der Waals surface area contributed by atoms with E-state index in [9.17, 15) is 24.0 Å². The number of rotatable bonds is 3. The molecule has 0 bridgehead atoms. The van der Waals surface area contributed by atoms with Crippen molar-refractivity contribution in [3.05, 3.63) is 108 Å². The molecular weight excluding hydrogens is 973 g/mol. The molecule has 2 saturated heterocycles. The smallest absolute Gasteiger partial charge is 0.411 e. The number of thiazole rings is 2. The number of nitrogens with two attached hydrogens (primary N) is 3. The van der Waals surface area contributed by atoms with E-state index in [1.54, 1.807) is 32.1 Å². The molecule has 2 aromatic heterocycles. The molecule has 2 fully saturated rings. The van der Waals surface area contributed by atoms with Gasteiger partial charge in [-0.25, -0.2) is 24.4 Å². The summed E-state index contributed by atoms with van der Waals surface area (Å²) < 4.78 is 12.8. The summed E-state index contributed by atoms with van der Waals surface area (Å²) in [4.78, 5) is 70.4. The minimum Gasteiger partial charge on any atom is -0.480 e. The number of aromatic nitrogens is 2. The fourth-order valence-corrected chi connectivity index (χ4v) is 10.1. The molecule has 3 amide bonds. The van der Waals surface area contributed by atoms with E-state index in [2.05, 4.69) is 75.4 Å².